The molecule has 5 heteroatoms. The second kappa shape index (κ2) is 5.85. The molecule has 0 bridgehead atoms. The van der Waals surface area contributed by atoms with E-state index in [0.717, 1.165) is 43.0 Å². The summed E-state index contributed by atoms with van der Waals surface area (Å²) in [5, 5.41) is 4.14. The number of hydrogen-bond donors (Lipinski definition) is 0. The van der Waals surface area contributed by atoms with E-state index < -0.39 is 6.10 Å². The second-order valence-electron chi connectivity index (χ2n) is 5.78. The van der Waals surface area contributed by atoms with E-state index in [0.29, 0.717) is 6.42 Å². The summed E-state index contributed by atoms with van der Waals surface area (Å²) >= 11 is 0. The number of hydrogen-bond acceptors (Lipinski definition) is 4. The smallest absolute Gasteiger partial charge is 0.266 e. The van der Waals surface area contributed by atoms with E-state index in [9.17, 15) is 4.79 Å². The van der Waals surface area contributed by atoms with E-state index in [4.69, 9.17) is 4.84 Å². The fourth-order valence-electron chi connectivity index (χ4n) is 2.80. The number of piperazine rings is 1. The van der Waals surface area contributed by atoms with Crippen molar-refractivity contribution in [3.05, 3.63) is 35.4 Å². The van der Waals surface area contributed by atoms with Gasteiger partial charge in [-0.1, -0.05) is 29.4 Å². The van der Waals surface area contributed by atoms with Crippen LogP contribution in [0, 0.1) is 6.92 Å². The number of oxime groups is 1. The van der Waals surface area contributed by atoms with Crippen molar-refractivity contribution < 1.29 is 9.63 Å². The average molecular weight is 287 g/mol. The lowest BCUT2D eigenvalue weighted by atomic mass is 10.00. The third-order valence-electron chi connectivity index (χ3n) is 4.22. The molecule has 0 aromatic heterocycles. The average Bonchev–Trinajstić information content (AvgIpc) is 2.97. The number of rotatable bonds is 2. The zero-order valence-corrected chi connectivity index (χ0v) is 12.6. The minimum absolute atomic E-state index is 0.0652. The molecule has 0 aliphatic carbocycles. The molecule has 112 valence electrons. The Morgan fingerprint density at radius 3 is 2.67 bits per heavy atom. The van der Waals surface area contributed by atoms with Gasteiger partial charge in [0.05, 0.1) is 5.71 Å². The third-order valence-corrected chi connectivity index (χ3v) is 4.22. The van der Waals surface area contributed by atoms with Crippen LogP contribution in [0.3, 0.4) is 0 Å². The lowest BCUT2D eigenvalue weighted by Crippen LogP contribution is -2.50. The van der Waals surface area contributed by atoms with Crippen molar-refractivity contribution in [2.75, 3.05) is 33.2 Å². The Labute approximate surface area is 125 Å². The molecule has 3 rings (SSSR count). The number of amides is 1. The maximum absolute atomic E-state index is 12.5. The molecule has 1 amide bonds. The highest BCUT2D eigenvalue weighted by Crippen LogP contribution is 2.21. The highest BCUT2D eigenvalue weighted by atomic mass is 16.6. The summed E-state index contributed by atoms with van der Waals surface area (Å²) in [6.45, 7) is 5.44. The minimum Gasteiger partial charge on any atom is -0.382 e. The molecule has 0 radical (unpaired) electrons. The van der Waals surface area contributed by atoms with Crippen LogP contribution in [-0.4, -0.2) is 60.7 Å². The zero-order valence-electron chi connectivity index (χ0n) is 12.6. The third kappa shape index (κ3) is 2.93. The molecule has 0 N–H and O–H groups in total. The number of likely N-dealkylation sites (N-methyl/N-ethyl adjacent to an activating group) is 1. The van der Waals surface area contributed by atoms with Crippen LogP contribution in [0.15, 0.2) is 29.4 Å². The van der Waals surface area contributed by atoms with Gasteiger partial charge in [0.25, 0.3) is 5.91 Å². The van der Waals surface area contributed by atoms with Gasteiger partial charge in [0, 0.05) is 38.2 Å². The molecule has 1 saturated heterocycles. The highest BCUT2D eigenvalue weighted by molar-refractivity contribution is 6.05. The molecule has 2 aliphatic heterocycles. The van der Waals surface area contributed by atoms with Gasteiger partial charge < -0.3 is 14.6 Å². The molecule has 1 fully saturated rings. The number of aryl methyl sites for hydroxylation is 1. The van der Waals surface area contributed by atoms with E-state index in [-0.39, 0.29) is 5.91 Å². The van der Waals surface area contributed by atoms with Gasteiger partial charge in [0.15, 0.2) is 0 Å². The number of nitrogens with zero attached hydrogens (tertiary/aromatic N) is 3. The summed E-state index contributed by atoms with van der Waals surface area (Å²) in [4.78, 5) is 22.0. The predicted molar refractivity (Wildman–Crippen MR) is 81.3 cm³/mol. The summed E-state index contributed by atoms with van der Waals surface area (Å²) in [7, 11) is 2.08. The van der Waals surface area contributed by atoms with Gasteiger partial charge in [-0.25, -0.2) is 0 Å². The Morgan fingerprint density at radius 1 is 1.24 bits per heavy atom. The van der Waals surface area contributed by atoms with Crippen molar-refractivity contribution in [1.82, 2.24) is 9.80 Å². The zero-order chi connectivity index (χ0) is 14.8. The second-order valence-corrected chi connectivity index (χ2v) is 5.78. The fraction of sp³-hybridized carbons (Fsp3) is 0.500. The maximum atomic E-state index is 12.5. The van der Waals surface area contributed by atoms with Crippen molar-refractivity contribution in [3.63, 3.8) is 0 Å². The van der Waals surface area contributed by atoms with Crippen LogP contribution in [0.25, 0.3) is 0 Å². The topological polar surface area (TPSA) is 45.1 Å². The van der Waals surface area contributed by atoms with Gasteiger partial charge in [-0.05, 0) is 19.5 Å². The Bertz CT molecular complexity index is 562. The lowest BCUT2D eigenvalue weighted by molar-refractivity contribution is -0.143. The van der Waals surface area contributed by atoms with Crippen LogP contribution in [0.4, 0.5) is 0 Å². The summed E-state index contributed by atoms with van der Waals surface area (Å²) in [5.74, 6) is 0.0652. The predicted octanol–water partition coefficient (Wildman–Crippen LogP) is 1.26. The highest BCUT2D eigenvalue weighted by Gasteiger charge is 2.33. The Balaban J connectivity index is 1.64. The maximum Gasteiger partial charge on any atom is 0.266 e. The van der Waals surface area contributed by atoms with Crippen molar-refractivity contribution in [2.45, 2.75) is 19.4 Å². The summed E-state index contributed by atoms with van der Waals surface area (Å²) < 4.78 is 0. The first-order valence-electron chi connectivity index (χ1n) is 7.41. The van der Waals surface area contributed by atoms with Gasteiger partial charge in [-0.15, -0.1) is 0 Å². The largest absolute Gasteiger partial charge is 0.382 e. The first-order chi connectivity index (χ1) is 10.1. The van der Waals surface area contributed by atoms with Gasteiger partial charge in [0.1, 0.15) is 0 Å². The van der Waals surface area contributed by atoms with Crippen molar-refractivity contribution in [2.24, 2.45) is 5.16 Å². The fourth-order valence-corrected chi connectivity index (χ4v) is 2.80. The van der Waals surface area contributed by atoms with Crippen LogP contribution in [0.5, 0.6) is 0 Å². The molecule has 0 spiro atoms. The molecule has 1 atom stereocenters. The van der Waals surface area contributed by atoms with E-state index in [1.165, 1.54) is 0 Å². The van der Waals surface area contributed by atoms with Gasteiger partial charge in [-0.3, -0.25) is 4.79 Å². The summed E-state index contributed by atoms with van der Waals surface area (Å²) in [6, 6.07) is 8.07. The number of carbonyl (C=O) groups excluding carboxylic acids is 1. The Kier molecular flexibility index (Phi) is 3.92. The first-order valence-corrected chi connectivity index (χ1v) is 7.41. The van der Waals surface area contributed by atoms with Crippen LogP contribution in [0.1, 0.15) is 17.5 Å². The van der Waals surface area contributed by atoms with E-state index in [2.05, 4.69) is 17.1 Å². The van der Waals surface area contributed by atoms with E-state index in [1.54, 1.807) is 0 Å². The van der Waals surface area contributed by atoms with Crippen molar-refractivity contribution >= 4 is 11.6 Å². The lowest BCUT2D eigenvalue weighted by Gasteiger charge is -2.33. The standard InChI is InChI=1S/C16H21N3O2/c1-12-5-3-4-6-13(12)14-11-15(21-17-14)16(20)19-9-7-18(2)8-10-19/h3-6,15H,7-11H2,1-2H3/t15-/m0/s1. The Hall–Kier alpha value is -1.88. The van der Waals surface area contributed by atoms with E-state index >= 15 is 0 Å². The van der Waals surface area contributed by atoms with E-state index in [1.807, 2.05) is 36.1 Å². The van der Waals surface area contributed by atoms with Crippen LogP contribution in [-0.2, 0) is 9.63 Å². The minimum atomic E-state index is -0.456. The SMILES string of the molecule is Cc1ccccc1C1=NO[C@H](C(=O)N2CCN(C)CC2)C1. The van der Waals surface area contributed by atoms with Crippen LogP contribution >= 0.6 is 0 Å². The molecule has 5 nitrogen and oxygen atoms in total. The van der Waals surface area contributed by atoms with Crippen LogP contribution < -0.4 is 0 Å². The molecule has 2 aliphatic rings. The summed E-state index contributed by atoms with van der Waals surface area (Å²) in [6.07, 6.45) is 0.110. The quantitative estimate of drug-likeness (QED) is 0.822. The molecule has 1 aromatic rings. The van der Waals surface area contributed by atoms with Crippen molar-refractivity contribution in [1.29, 1.82) is 0 Å². The van der Waals surface area contributed by atoms with Gasteiger partial charge in [-0.2, -0.15) is 0 Å². The summed E-state index contributed by atoms with van der Waals surface area (Å²) in [5.41, 5.74) is 3.11. The Morgan fingerprint density at radius 2 is 1.95 bits per heavy atom. The van der Waals surface area contributed by atoms with Crippen LogP contribution in [0.2, 0.25) is 0 Å². The number of carbonyl (C=O) groups is 1. The molecule has 21 heavy (non-hydrogen) atoms. The molecule has 2 heterocycles. The molecular weight excluding hydrogens is 266 g/mol. The monoisotopic (exact) mass is 287 g/mol. The molecular formula is C16H21N3O2. The molecule has 1 aromatic carbocycles. The normalized spacial score (nSPS) is 22.9. The first kappa shape index (κ1) is 14.1. The molecule has 0 saturated carbocycles. The van der Waals surface area contributed by atoms with Crippen molar-refractivity contribution in [3.8, 4) is 0 Å². The van der Waals surface area contributed by atoms with Gasteiger partial charge in [0.2, 0.25) is 6.10 Å². The van der Waals surface area contributed by atoms with Gasteiger partial charge >= 0.3 is 0 Å². The number of benzene rings is 1. The molecule has 0 unspecified atom stereocenters.